The summed E-state index contributed by atoms with van der Waals surface area (Å²) >= 11 is 0. The number of hydrogen-bond donors (Lipinski definition) is 1. The lowest BCUT2D eigenvalue weighted by molar-refractivity contribution is 0.325. The molecule has 8 nitrogen and oxygen atoms in total. The van der Waals surface area contributed by atoms with Crippen molar-refractivity contribution in [3.8, 4) is 45.4 Å². The van der Waals surface area contributed by atoms with Crippen LogP contribution in [0.5, 0.6) is 23.0 Å². The minimum atomic E-state index is 0.316. The third-order valence-electron chi connectivity index (χ3n) is 5.01. The first-order valence-corrected chi connectivity index (χ1v) is 9.46. The molecule has 0 aliphatic heterocycles. The van der Waals surface area contributed by atoms with Gasteiger partial charge in [-0.2, -0.15) is 0 Å². The van der Waals surface area contributed by atoms with Gasteiger partial charge in [0, 0.05) is 16.7 Å². The Balaban J connectivity index is 2.09. The number of para-hydroxylation sites is 1. The highest BCUT2D eigenvalue weighted by Gasteiger charge is 2.22. The molecule has 0 saturated carbocycles. The lowest BCUT2D eigenvalue weighted by atomic mass is 9.98. The third kappa shape index (κ3) is 3.42. The van der Waals surface area contributed by atoms with Crippen molar-refractivity contribution in [3.63, 3.8) is 0 Å². The molecule has 0 atom stereocenters. The molecule has 158 valence electrons. The Bertz CT molecular complexity index is 1260. The molecular formula is C23H22N4O4. The molecule has 4 aromatic rings. The molecule has 2 aromatic carbocycles. The molecule has 0 radical (unpaired) electrons. The third-order valence-corrected chi connectivity index (χ3v) is 5.01. The molecule has 31 heavy (non-hydrogen) atoms. The number of pyridine rings is 1. The molecule has 0 aliphatic rings. The van der Waals surface area contributed by atoms with Crippen LogP contribution in [0.1, 0.15) is 0 Å². The Morgan fingerprint density at radius 2 is 1.45 bits per heavy atom. The minimum absolute atomic E-state index is 0.316. The molecule has 2 heterocycles. The second kappa shape index (κ2) is 8.35. The van der Waals surface area contributed by atoms with E-state index in [2.05, 4.69) is 9.97 Å². The van der Waals surface area contributed by atoms with E-state index in [0.29, 0.717) is 45.5 Å². The molecule has 0 amide bonds. The number of benzene rings is 2. The van der Waals surface area contributed by atoms with Gasteiger partial charge in [0.2, 0.25) is 5.75 Å². The standard InChI is InChI=1S/C23H22N4O4/c1-28-17-8-6-5-7-14(17)16-11-15(19-22(24)25-12-26-23(19)27-16)13-9-10-18(29-2)21(31-4)20(13)30-3/h5-12H,1-4H3,(H2,24,25,26,27). The average molecular weight is 418 g/mol. The highest BCUT2D eigenvalue weighted by molar-refractivity contribution is 6.02. The van der Waals surface area contributed by atoms with Crippen LogP contribution in [0.15, 0.2) is 48.8 Å². The van der Waals surface area contributed by atoms with Gasteiger partial charge in [-0.3, -0.25) is 0 Å². The van der Waals surface area contributed by atoms with Crippen molar-refractivity contribution in [2.24, 2.45) is 0 Å². The smallest absolute Gasteiger partial charge is 0.203 e. The van der Waals surface area contributed by atoms with Crippen molar-refractivity contribution in [1.82, 2.24) is 15.0 Å². The first-order chi connectivity index (χ1) is 15.1. The minimum Gasteiger partial charge on any atom is -0.496 e. The van der Waals surface area contributed by atoms with Crippen molar-refractivity contribution >= 4 is 16.9 Å². The topological polar surface area (TPSA) is 102 Å². The fourth-order valence-corrected chi connectivity index (χ4v) is 3.61. The van der Waals surface area contributed by atoms with Crippen LogP contribution in [0.4, 0.5) is 5.82 Å². The quantitative estimate of drug-likeness (QED) is 0.502. The van der Waals surface area contributed by atoms with E-state index in [1.807, 2.05) is 42.5 Å². The molecule has 8 heteroatoms. The number of hydrogen-bond acceptors (Lipinski definition) is 8. The van der Waals surface area contributed by atoms with Gasteiger partial charge in [-0.15, -0.1) is 0 Å². The van der Waals surface area contributed by atoms with Gasteiger partial charge in [-0.05, 0) is 30.3 Å². The predicted molar refractivity (Wildman–Crippen MR) is 119 cm³/mol. The molecule has 2 N–H and O–H groups in total. The Labute approximate surface area is 179 Å². The summed E-state index contributed by atoms with van der Waals surface area (Å²) in [5, 5.41) is 0.617. The number of anilines is 1. The van der Waals surface area contributed by atoms with E-state index in [-0.39, 0.29) is 0 Å². The summed E-state index contributed by atoms with van der Waals surface area (Å²) in [6.07, 6.45) is 1.40. The van der Waals surface area contributed by atoms with Crippen LogP contribution in [0.3, 0.4) is 0 Å². The number of nitrogens with zero attached hydrogens (tertiary/aromatic N) is 3. The van der Waals surface area contributed by atoms with Gasteiger partial charge in [0.1, 0.15) is 17.9 Å². The summed E-state index contributed by atoms with van der Waals surface area (Å²) in [6, 6.07) is 13.3. The van der Waals surface area contributed by atoms with E-state index in [4.69, 9.17) is 29.7 Å². The first-order valence-electron chi connectivity index (χ1n) is 9.46. The van der Waals surface area contributed by atoms with E-state index in [1.54, 1.807) is 28.4 Å². The van der Waals surface area contributed by atoms with Crippen LogP contribution in [0.25, 0.3) is 33.4 Å². The summed E-state index contributed by atoms with van der Waals surface area (Å²) in [5.74, 6) is 2.54. The van der Waals surface area contributed by atoms with Gasteiger partial charge in [0.25, 0.3) is 0 Å². The molecular weight excluding hydrogens is 396 g/mol. The lowest BCUT2D eigenvalue weighted by Gasteiger charge is -2.18. The van der Waals surface area contributed by atoms with Gasteiger partial charge < -0.3 is 24.7 Å². The lowest BCUT2D eigenvalue weighted by Crippen LogP contribution is -2.01. The predicted octanol–water partition coefficient (Wildman–Crippen LogP) is 3.98. The Morgan fingerprint density at radius 3 is 2.16 bits per heavy atom. The number of fused-ring (bicyclic) bond motifs is 1. The van der Waals surface area contributed by atoms with Crippen LogP contribution in [-0.2, 0) is 0 Å². The molecule has 0 bridgehead atoms. The van der Waals surface area contributed by atoms with Crippen LogP contribution in [-0.4, -0.2) is 43.4 Å². The van der Waals surface area contributed by atoms with Crippen LogP contribution < -0.4 is 24.7 Å². The number of ether oxygens (including phenoxy) is 4. The summed E-state index contributed by atoms with van der Waals surface area (Å²) in [4.78, 5) is 13.3. The van der Waals surface area contributed by atoms with E-state index in [0.717, 1.165) is 16.7 Å². The SMILES string of the molecule is COc1ccccc1-c1cc(-c2ccc(OC)c(OC)c2OC)c2c(N)ncnc2n1. The molecule has 0 saturated heterocycles. The number of methoxy groups -OCH3 is 4. The monoisotopic (exact) mass is 418 g/mol. The zero-order chi connectivity index (χ0) is 22.0. The Kier molecular flexibility index (Phi) is 5.44. The largest absolute Gasteiger partial charge is 0.496 e. The van der Waals surface area contributed by atoms with E-state index in [9.17, 15) is 0 Å². The van der Waals surface area contributed by atoms with Gasteiger partial charge in [0.15, 0.2) is 17.1 Å². The van der Waals surface area contributed by atoms with Crippen LogP contribution >= 0.6 is 0 Å². The maximum atomic E-state index is 6.24. The highest BCUT2D eigenvalue weighted by Crippen LogP contribution is 2.47. The first kappa shape index (κ1) is 20.2. The molecule has 4 rings (SSSR count). The Morgan fingerprint density at radius 1 is 0.710 bits per heavy atom. The molecule has 2 aromatic heterocycles. The van der Waals surface area contributed by atoms with Gasteiger partial charge in [-0.1, -0.05) is 12.1 Å². The molecule has 0 aliphatic carbocycles. The van der Waals surface area contributed by atoms with Crippen LogP contribution in [0.2, 0.25) is 0 Å². The fourth-order valence-electron chi connectivity index (χ4n) is 3.61. The maximum Gasteiger partial charge on any atom is 0.203 e. The van der Waals surface area contributed by atoms with Crippen LogP contribution in [0, 0.1) is 0 Å². The normalized spacial score (nSPS) is 10.7. The van der Waals surface area contributed by atoms with E-state index < -0.39 is 0 Å². The van der Waals surface area contributed by atoms with Crippen molar-refractivity contribution in [3.05, 3.63) is 48.8 Å². The second-order valence-corrected chi connectivity index (χ2v) is 6.59. The summed E-state index contributed by atoms with van der Waals surface area (Å²) in [5.41, 5.74) is 9.70. The van der Waals surface area contributed by atoms with Crippen molar-refractivity contribution in [2.45, 2.75) is 0 Å². The number of rotatable bonds is 6. The molecule has 0 spiro atoms. The summed E-state index contributed by atoms with van der Waals surface area (Å²) < 4.78 is 22.2. The van der Waals surface area contributed by atoms with Crippen molar-refractivity contribution < 1.29 is 18.9 Å². The zero-order valence-corrected chi connectivity index (χ0v) is 17.7. The average Bonchev–Trinajstić information content (AvgIpc) is 2.82. The number of nitrogen functional groups attached to an aromatic ring is 1. The highest BCUT2D eigenvalue weighted by atomic mass is 16.5. The van der Waals surface area contributed by atoms with E-state index >= 15 is 0 Å². The fraction of sp³-hybridized carbons (Fsp3) is 0.174. The zero-order valence-electron chi connectivity index (χ0n) is 17.7. The molecule has 0 unspecified atom stereocenters. The van der Waals surface area contributed by atoms with Gasteiger partial charge in [-0.25, -0.2) is 15.0 Å². The van der Waals surface area contributed by atoms with E-state index in [1.165, 1.54) is 6.33 Å². The number of aromatic nitrogens is 3. The summed E-state index contributed by atoms with van der Waals surface area (Å²) in [6.45, 7) is 0. The van der Waals surface area contributed by atoms with Gasteiger partial charge >= 0.3 is 0 Å². The number of nitrogens with two attached hydrogens (primary N) is 1. The maximum absolute atomic E-state index is 6.24. The Hall–Kier alpha value is -4.07. The van der Waals surface area contributed by atoms with Crippen molar-refractivity contribution in [2.75, 3.05) is 34.2 Å². The van der Waals surface area contributed by atoms with Crippen molar-refractivity contribution in [1.29, 1.82) is 0 Å². The molecule has 0 fully saturated rings. The van der Waals surface area contributed by atoms with Gasteiger partial charge in [0.05, 0.1) is 39.5 Å². The summed E-state index contributed by atoms with van der Waals surface area (Å²) in [7, 11) is 6.33. The second-order valence-electron chi connectivity index (χ2n) is 6.59.